The predicted molar refractivity (Wildman–Crippen MR) is 163 cm³/mol. The van der Waals surface area contributed by atoms with Crippen molar-refractivity contribution in [2.75, 3.05) is 0 Å². The topological polar surface area (TPSA) is 71.5 Å². The number of rotatable bonds is 11. The van der Waals surface area contributed by atoms with Gasteiger partial charge in [-0.1, -0.05) is 103 Å². The standard InChI is InChI=1S/C9H18O.C8H13NO2.C8H16O.C8H18/c1-7(2)5-6-9(10)8(3)4;1-5(2)9-7(10)4-6(3)8(9)11;1-6(2)5-8(9)7(3)4;1-7(2)5-6-8(3)4/h7-8H,5-6H2,1-4H3;5-6H,4H2,1-3H3;6-7H,5H2,1-4H3;7-8H,5-6H2,1-4H3. The van der Waals surface area contributed by atoms with Crippen LogP contribution in [0.3, 0.4) is 0 Å². The van der Waals surface area contributed by atoms with Crippen LogP contribution in [0.25, 0.3) is 0 Å². The van der Waals surface area contributed by atoms with Gasteiger partial charge in [0.15, 0.2) is 0 Å². The first kappa shape index (κ1) is 41.0. The predicted octanol–water partition coefficient (Wildman–Crippen LogP) is 8.77. The fourth-order valence-electron chi connectivity index (χ4n) is 3.37. The minimum atomic E-state index is -0.107. The zero-order chi connectivity index (χ0) is 30.7. The molecule has 2 amide bonds. The van der Waals surface area contributed by atoms with Gasteiger partial charge < -0.3 is 0 Å². The van der Waals surface area contributed by atoms with Crippen LogP contribution in [0.4, 0.5) is 0 Å². The maximum atomic E-state index is 11.3. The van der Waals surface area contributed by atoms with Gasteiger partial charge in [-0.25, -0.2) is 0 Å². The Hall–Kier alpha value is -1.52. The molecule has 1 atom stereocenters. The normalized spacial score (nSPS) is 15.2. The van der Waals surface area contributed by atoms with E-state index in [2.05, 4.69) is 55.4 Å². The second kappa shape index (κ2) is 22.3. The Balaban J connectivity index is -0.000000433. The molecule has 0 saturated carbocycles. The molecular weight excluding hydrogens is 474 g/mol. The number of nitrogens with zero attached hydrogens (tertiary/aromatic N) is 1. The highest BCUT2D eigenvalue weighted by Crippen LogP contribution is 2.20. The number of Topliss-reactive ketones (excluding diaryl/α,β-unsaturated/α-hetero) is 2. The number of amides is 2. The maximum Gasteiger partial charge on any atom is 0.232 e. The van der Waals surface area contributed by atoms with Gasteiger partial charge in [-0.05, 0) is 43.9 Å². The van der Waals surface area contributed by atoms with Gasteiger partial charge in [0.2, 0.25) is 11.8 Å². The number of hydrogen-bond donors (Lipinski definition) is 0. The third kappa shape index (κ3) is 23.6. The van der Waals surface area contributed by atoms with Gasteiger partial charge in [0.05, 0.1) is 0 Å². The molecule has 0 aromatic heterocycles. The first-order valence-corrected chi connectivity index (χ1v) is 15.2. The highest BCUT2D eigenvalue weighted by Gasteiger charge is 2.36. The largest absolute Gasteiger partial charge is 0.299 e. The van der Waals surface area contributed by atoms with E-state index in [0.29, 0.717) is 29.8 Å². The average molecular weight is 540 g/mol. The van der Waals surface area contributed by atoms with Crippen LogP contribution in [-0.2, 0) is 19.2 Å². The fraction of sp³-hybridized carbons (Fsp3) is 0.879. The van der Waals surface area contributed by atoms with Crippen molar-refractivity contribution < 1.29 is 19.2 Å². The van der Waals surface area contributed by atoms with E-state index >= 15 is 0 Å². The van der Waals surface area contributed by atoms with E-state index in [-0.39, 0.29) is 35.6 Å². The molecule has 0 aliphatic carbocycles. The summed E-state index contributed by atoms with van der Waals surface area (Å²) in [6, 6.07) is 0.0138. The maximum absolute atomic E-state index is 11.3. The Morgan fingerprint density at radius 1 is 0.658 bits per heavy atom. The van der Waals surface area contributed by atoms with Gasteiger partial charge in [0.1, 0.15) is 11.6 Å². The first-order valence-electron chi connectivity index (χ1n) is 15.2. The molecule has 38 heavy (non-hydrogen) atoms. The lowest BCUT2D eigenvalue weighted by Crippen LogP contribution is -2.36. The monoisotopic (exact) mass is 539 g/mol. The SMILES string of the molecule is CC(C)CC(=O)C(C)C.CC(C)CCC(=O)C(C)C.CC(C)CCC(C)C.CC1CC(=O)N(C(C)C)C1=O. The lowest BCUT2D eigenvalue weighted by molar-refractivity contribution is -0.141. The molecule has 1 heterocycles. The molecule has 0 radical (unpaired) electrons. The number of likely N-dealkylation sites (tertiary alicyclic amines) is 1. The van der Waals surface area contributed by atoms with Crippen molar-refractivity contribution in [3.8, 4) is 0 Å². The molecule has 0 spiro atoms. The van der Waals surface area contributed by atoms with Crippen molar-refractivity contribution in [2.24, 2.45) is 41.4 Å². The lowest BCUT2D eigenvalue weighted by Gasteiger charge is -2.18. The molecular formula is C33H65NO4. The van der Waals surface area contributed by atoms with Gasteiger partial charge in [-0.15, -0.1) is 0 Å². The molecule has 1 saturated heterocycles. The second-order valence-corrected chi connectivity index (χ2v) is 13.4. The Kier molecular flexibility index (Phi) is 24.1. The summed E-state index contributed by atoms with van der Waals surface area (Å²) in [5.41, 5.74) is 0. The summed E-state index contributed by atoms with van der Waals surface area (Å²) in [6.45, 7) is 30.9. The zero-order valence-corrected chi connectivity index (χ0v) is 27.9. The minimum absolute atomic E-state index is 0.0138. The minimum Gasteiger partial charge on any atom is -0.299 e. The molecule has 0 aromatic rings. The van der Waals surface area contributed by atoms with Crippen molar-refractivity contribution in [2.45, 2.75) is 148 Å². The van der Waals surface area contributed by atoms with E-state index in [1.165, 1.54) is 17.7 Å². The van der Waals surface area contributed by atoms with Gasteiger partial charge >= 0.3 is 0 Å². The third-order valence-corrected chi connectivity index (χ3v) is 6.11. The molecule has 1 fully saturated rings. The van der Waals surface area contributed by atoms with Crippen molar-refractivity contribution in [1.82, 2.24) is 4.90 Å². The Morgan fingerprint density at radius 3 is 1.24 bits per heavy atom. The molecule has 0 aromatic carbocycles. The van der Waals surface area contributed by atoms with E-state index < -0.39 is 0 Å². The Labute approximate surface area is 237 Å². The van der Waals surface area contributed by atoms with Crippen LogP contribution in [0.5, 0.6) is 0 Å². The summed E-state index contributed by atoms with van der Waals surface area (Å²) in [7, 11) is 0. The summed E-state index contributed by atoms with van der Waals surface area (Å²) in [6.07, 6.45) is 5.69. The highest BCUT2D eigenvalue weighted by atomic mass is 16.2. The van der Waals surface area contributed by atoms with Crippen LogP contribution in [-0.4, -0.2) is 34.3 Å². The summed E-state index contributed by atoms with van der Waals surface area (Å²) in [5.74, 6) is 4.00. The summed E-state index contributed by atoms with van der Waals surface area (Å²) < 4.78 is 0. The van der Waals surface area contributed by atoms with E-state index in [4.69, 9.17) is 0 Å². The molecule has 5 heteroatoms. The highest BCUT2D eigenvalue weighted by molar-refractivity contribution is 6.03. The lowest BCUT2D eigenvalue weighted by atomic mass is 9.99. The van der Waals surface area contributed by atoms with Gasteiger partial charge in [-0.3, -0.25) is 24.1 Å². The number of imide groups is 1. The molecule has 226 valence electrons. The molecule has 0 N–H and O–H groups in total. The molecule has 1 rings (SSSR count). The third-order valence-electron chi connectivity index (χ3n) is 6.11. The van der Waals surface area contributed by atoms with Crippen molar-refractivity contribution in [3.05, 3.63) is 0 Å². The number of hydrogen-bond acceptors (Lipinski definition) is 4. The van der Waals surface area contributed by atoms with Crippen LogP contribution < -0.4 is 0 Å². The summed E-state index contributed by atoms with van der Waals surface area (Å²) in [5, 5.41) is 0. The van der Waals surface area contributed by atoms with Crippen molar-refractivity contribution in [1.29, 1.82) is 0 Å². The summed E-state index contributed by atoms with van der Waals surface area (Å²) in [4.78, 5) is 45.8. The van der Waals surface area contributed by atoms with Crippen molar-refractivity contribution in [3.63, 3.8) is 0 Å². The number of ketones is 2. The van der Waals surface area contributed by atoms with Crippen LogP contribution in [0.2, 0.25) is 0 Å². The van der Waals surface area contributed by atoms with E-state index in [1.54, 1.807) is 6.92 Å². The van der Waals surface area contributed by atoms with E-state index in [1.807, 2.05) is 41.5 Å². The van der Waals surface area contributed by atoms with E-state index in [9.17, 15) is 19.2 Å². The molecule has 1 unspecified atom stereocenters. The van der Waals surface area contributed by atoms with Crippen LogP contribution in [0.15, 0.2) is 0 Å². The van der Waals surface area contributed by atoms with Crippen LogP contribution >= 0.6 is 0 Å². The van der Waals surface area contributed by atoms with Crippen LogP contribution in [0.1, 0.15) is 142 Å². The molecule has 5 nitrogen and oxygen atoms in total. The zero-order valence-electron chi connectivity index (χ0n) is 27.9. The summed E-state index contributed by atoms with van der Waals surface area (Å²) >= 11 is 0. The molecule has 1 aliphatic rings. The van der Waals surface area contributed by atoms with Crippen LogP contribution in [0, 0.1) is 41.4 Å². The number of carbonyl (C=O) groups excluding carboxylic acids is 4. The van der Waals surface area contributed by atoms with Gasteiger partial charge in [0, 0.05) is 43.1 Å². The molecule has 0 bridgehead atoms. The second-order valence-electron chi connectivity index (χ2n) is 13.4. The van der Waals surface area contributed by atoms with Crippen molar-refractivity contribution >= 4 is 23.4 Å². The average Bonchev–Trinajstić information content (AvgIpc) is 3.02. The Bertz CT molecular complexity index is 652. The molecule has 1 aliphatic heterocycles. The van der Waals surface area contributed by atoms with E-state index in [0.717, 1.165) is 31.1 Å². The first-order chi connectivity index (χ1) is 17.2. The smallest absolute Gasteiger partial charge is 0.232 e. The quantitative estimate of drug-likeness (QED) is 0.246. The fourth-order valence-corrected chi connectivity index (χ4v) is 3.37. The number of carbonyl (C=O) groups is 4. The Morgan fingerprint density at radius 2 is 1.05 bits per heavy atom. The van der Waals surface area contributed by atoms with Gasteiger partial charge in [-0.2, -0.15) is 0 Å². The van der Waals surface area contributed by atoms with Gasteiger partial charge in [0.25, 0.3) is 0 Å².